The van der Waals surface area contributed by atoms with E-state index in [9.17, 15) is 0 Å². The summed E-state index contributed by atoms with van der Waals surface area (Å²) < 4.78 is 0. The van der Waals surface area contributed by atoms with Crippen LogP contribution in [-0.2, 0) is 6.54 Å². The molecule has 1 atom stereocenters. The number of anilines is 1. The quantitative estimate of drug-likeness (QED) is 0.902. The van der Waals surface area contributed by atoms with Gasteiger partial charge in [0, 0.05) is 31.4 Å². The lowest BCUT2D eigenvalue weighted by Gasteiger charge is -2.32. The second-order valence-electron chi connectivity index (χ2n) is 6.14. The highest BCUT2D eigenvalue weighted by Crippen LogP contribution is 2.22. The SMILES string of the molecule is Cc1nc(N2CCCC(C)C2)ccc1CNC(C)C. The molecular formula is C16H27N3. The summed E-state index contributed by atoms with van der Waals surface area (Å²) in [6, 6.07) is 4.93. The fourth-order valence-corrected chi connectivity index (χ4v) is 2.65. The standard InChI is InChI=1S/C16H27N3/c1-12(2)17-10-15-7-8-16(18-14(15)4)19-9-5-6-13(3)11-19/h7-8,12-13,17H,5-6,9-11H2,1-4H3. The molecule has 2 rings (SSSR count). The first kappa shape index (κ1) is 14.3. The third kappa shape index (κ3) is 3.93. The van der Waals surface area contributed by atoms with Gasteiger partial charge < -0.3 is 10.2 Å². The average molecular weight is 261 g/mol. The lowest BCUT2D eigenvalue weighted by Crippen LogP contribution is -2.35. The molecular weight excluding hydrogens is 234 g/mol. The van der Waals surface area contributed by atoms with Gasteiger partial charge in [0.1, 0.15) is 5.82 Å². The van der Waals surface area contributed by atoms with Crippen molar-refractivity contribution in [3.63, 3.8) is 0 Å². The summed E-state index contributed by atoms with van der Waals surface area (Å²) in [4.78, 5) is 7.23. The van der Waals surface area contributed by atoms with E-state index in [1.165, 1.54) is 18.4 Å². The van der Waals surface area contributed by atoms with Crippen LogP contribution in [0.3, 0.4) is 0 Å². The number of nitrogens with one attached hydrogen (secondary N) is 1. The summed E-state index contributed by atoms with van der Waals surface area (Å²) in [7, 11) is 0. The summed E-state index contributed by atoms with van der Waals surface area (Å²) in [6.45, 7) is 12.0. The molecule has 0 saturated carbocycles. The highest BCUT2D eigenvalue weighted by atomic mass is 15.2. The predicted molar refractivity (Wildman–Crippen MR) is 81.6 cm³/mol. The van der Waals surface area contributed by atoms with Gasteiger partial charge in [-0.2, -0.15) is 0 Å². The number of piperidine rings is 1. The van der Waals surface area contributed by atoms with Gasteiger partial charge in [0.15, 0.2) is 0 Å². The molecule has 0 bridgehead atoms. The van der Waals surface area contributed by atoms with Crippen LogP contribution in [0, 0.1) is 12.8 Å². The molecule has 19 heavy (non-hydrogen) atoms. The number of aromatic nitrogens is 1. The minimum atomic E-state index is 0.516. The zero-order valence-corrected chi connectivity index (χ0v) is 12.7. The summed E-state index contributed by atoms with van der Waals surface area (Å²) in [5, 5.41) is 3.46. The van der Waals surface area contributed by atoms with E-state index >= 15 is 0 Å². The number of aryl methyl sites for hydroxylation is 1. The number of rotatable bonds is 4. The van der Waals surface area contributed by atoms with Crippen molar-refractivity contribution in [2.45, 2.75) is 53.1 Å². The second-order valence-corrected chi connectivity index (χ2v) is 6.14. The highest BCUT2D eigenvalue weighted by Gasteiger charge is 2.17. The van der Waals surface area contributed by atoms with Crippen molar-refractivity contribution >= 4 is 5.82 Å². The van der Waals surface area contributed by atoms with E-state index in [4.69, 9.17) is 4.98 Å². The molecule has 1 fully saturated rings. The van der Waals surface area contributed by atoms with E-state index in [0.717, 1.165) is 37.1 Å². The van der Waals surface area contributed by atoms with Gasteiger partial charge in [0.25, 0.3) is 0 Å². The summed E-state index contributed by atoms with van der Waals surface area (Å²) in [5.41, 5.74) is 2.46. The number of hydrogen-bond acceptors (Lipinski definition) is 3. The van der Waals surface area contributed by atoms with Crippen molar-refractivity contribution in [1.29, 1.82) is 0 Å². The Bertz CT molecular complexity index is 414. The molecule has 3 heteroatoms. The van der Waals surface area contributed by atoms with Crippen LogP contribution in [0.25, 0.3) is 0 Å². The Morgan fingerprint density at radius 3 is 2.84 bits per heavy atom. The Hall–Kier alpha value is -1.09. The van der Waals surface area contributed by atoms with Gasteiger partial charge >= 0.3 is 0 Å². The first-order valence-electron chi connectivity index (χ1n) is 7.51. The van der Waals surface area contributed by atoms with Gasteiger partial charge in [-0.25, -0.2) is 4.98 Å². The maximum Gasteiger partial charge on any atom is 0.128 e. The van der Waals surface area contributed by atoms with Gasteiger partial charge in [-0.1, -0.05) is 26.8 Å². The van der Waals surface area contributed by atoms with Crippen LogP contribution >= 0.6 is 0 Å². The zero-order valence-electron chi connectivity index (χ0n) is 12.7. The Balaban J connectivity index is 2.05. The van der Waals surface area contributed by atoms with Crippen molar-refractivity contribution < 1.29 is 0 Å². The molecule has 106 valence electrons. The molecule has 1 saturated heterocycles. The van der Waals surface area contributed by atoms with Crippen LogP contribution in [0.1, 0.15) is 44.9 Å². The molecule has 3 nitrogen and oxygen atoms in total. The van der Waals surface area contributed by atoms with Crippen molar-refractivity contribution in [3.05, 3.63) is 23.4 Å². The van der Waals surface area contributed by atoms with Crippen molar-refractivity contribution in [2.75, 3.05) is 18.0 Å². The highest BCUT2D eigenvalue weighted by molar-refractivity contribution is 5.42. The van der Waals surface area contributed by atoms with Gasteiger partial charge in [0.2, 0.25) is 0 Å². The second kappa shape index (κ2) is 6.38. The third-order valence-corrected chi connectivity index (χ3v) is 3.86. The molecule has 1 aliphatic rings. The molecule has 2 heterocycles. The smallest absolute Gasteiger partial charge is 0.128 e. The molecule has 1 aromatic heterocycles. The summed E-state index contributed by atoms with van der Waals surface area (Å²) >= 11 is 0. The average Bonchev–Trinajstić information content (AvgIpc) is 2.37. The lowest BCUT2D eigenvalue weighted by molar-refractivity contribution is 0.444. The topological polar surface area (TPSA) is 28.2 Å². The van der Waals surface area contributed by atoms with Crippen LogP contribution in [0.2, 0.25) is 0 Å². The molecule has 0 radical (unpaired) electrons. The zero-order chi connectivity index (χ0) is 13.8. The van der Waals surface area contributed by atoms with Crippen molar-refractivity contribution in [3.8, 4) is 0 Å². The fraction of sp³-hybridized carbons (Fsp3) is 0.688. The summed E-state index contributed by atoms with van der Waals surface area (Å²) in [6.07, 6.45) is 2.64. The molecule has 1 aliphatic heterocycles. The number of pyridine rings is 1. The maximum absolute atomic E-state index is 4.80. The van der Waals surface area contributed by atoms with Gasteiger partial charge in [-0.05, 0) is 37.3 Å². The van der Waals surface area contributed by atoms with Crippen LogP contribution < -0.4 is 10.2 Å². The predicted octanol–water partition coefficient (Wildman–Crippen LogP) is 3.12. The normalized spacial score (nSPS) is 20.1. The van der Waals surface area contributed by atoms with Gasteiger partial charge in [-0.3, -0.25) is 0 Å². The Kier molecular flexibility index (Phi) is 4.81. The first-order chi connectivity index (χ1) is 9.06. The minimum Gasteiger partial charge on any atom is -0.356 e. The Morgan fingerprint density at radius 1 is 1.42 bits per heavy atom. The lowest BCUT2D eigenvalue weighted by atomic mass is 10.0. The Labute approximate surface area is 117 Å². The summed E-state index contributed by atoms with van der Waals surface area (Å²) in [5.74, 6) is 1.94. The molecule has 1 N–H and O–H groups in total. The van der Waals surface area contributed by atoms with E-state index < -0.39 is 0 Å². The molecule has 0 aromatic carbocycles. The van der Waals surface area contributed by atoms with Crippen LogP contribution in [0.4, 0.5) is 5.82 Å². The Morgan fingerprint density at radius 2 is 2.21 bits per heavy atom. The van der Waals surface area contributed by atoms with Crippen molar-refractivity contribution in [2.24, 2.45) is 5.92 Å². The monoisotopic (exact) mass is 261 g/mol. The molecule has 0 spiro atoms. The third-order valence-electron chi connectivity index (χ3n) is 3.86. The van der Waals surface area contributed by atoms with Crippen molar-refractivity contribution in [1.82, 2.24) is 10.3 Å². The van der Waals surface area contributed by atoms with Crippen LogP contribution in [-0.4, -0.2) is 24.1 Å². The first-order valence-corrected chi connectivity index (χ1v) is 7.51. The van der Waals surface area contributed by atoms with E-state index in [1.54, 1.807) is 0 Å². The van der Waals surface area contributed by atoms with E-state index in [0.29, 0.717) is 6.04 Å². The van der Waals surface area contributed by atoms with E-state index in [1.807, 2.05) is 0 Å². The van der Waals surface area contributed by atoms with E-state index in [-0.39, 0.29) is 0 Å². The molecule has 0 aliphatic carbocycles. The molecule has 0 amide bonds. The minimum absolute atomic E-state index is 0.516. The molecule has 1 unspecified atom stereocenters. The largest absolute Gasteiger partial charge is 0.356 e. The fourth-order valence-electron chi connectivity index (χ4n) is 2.65. The maximum atomic E-state index is 4.80. The van der Waals surface area contributed by atoms with Gasteiger partial charge in [-0.15, -0.1) is 0 Å². The van der Waals surface area contributed by atoms with Crippen LogP contribution in [0.15, 0.2) is 12.1 Å². The molecule has 1 aromatic rings. The number of nitrogens with zero attached hydrogens (tertiary/aromatic N) is 2. The van der Waals surface area contributed by atoms with Gasteiger partial charge in [0.05, 0.1) is 0 Å². The van der Waals surface area contributed by atoms with E-state index in [2.05, 4.69) is 50.0 Å². The van der Waals surface area contributed by atoms with Crippen LogP contribution in [0.5, 0.6) is 0 Å². The number of hydrogen-bond donors (Lipinski definition) is 1.